The van der Waals surface area contributed by atoms with E-state index in [1.54, 1.807) is 36.4 Å². The molecule has 4 rings (SSSR count). The van der Waals surface area contributed by atoms with E-state index in [1.807, 2.05) is 68.4 Å². The van der Waals surface area contributed by atoms with Gasteiger partial charge in [0, 0.05) is 24.5 Å². The van der Waals surface area contributed by atoms with Gasteiger partial charge in [0.25, 0.3) is 10.0 Å². The second kappa shape index (κ2) is 14.8. The molecule has 0 aromatic heterocycles. The standard InChI is InChI=1S/C34H36ClN3O4S/c1-3-21-36-34(40)32(22-27-14-6-4-7-15-27)37(24-28-16-11-10-13-26(28)2)33(39)25-38(30-18-12-17-29(35)23-30)43(41,42)31-19-8-5-9-20-31/h4-20,23,32H,3,21-22,24-25H2,1-2H3,(H,36,40). The van der Waals surface area contributed by atoms with Gasteiger partial charge < -0.3 is 10.2 Å². The summed E-state index contributed by atoms with van der Waals surface area (Å²) < 4.78 is 29.0. The van der Waals surface area contributed by atoms with E-state index in [0.717, 1.165) is 27.4 Å². The molecule has 0 radical (unpaired) electrons. The maximum atomic E-state index is 14.4. The predicted molar refractivity (Wildman–Crippen MR) is 171 cm³/mol. The third kappa shape index (κ3) is 8.24. The number of aryl methyl sites for hydroxylation is 1. The van der Waals surface area contributed by atoms with Crippen molar-refractivity contribution in [1.82, 2.24) is 10.2 Å². The first-order valence-corrected chi connectivity index (χ1v) is 16.0. The Morgan fingerprint density at radius 2 is 1.51 bits per heavy atom. The zero-order valence-electron chi connectivity index (χ0n) is 24.3. The van der Waals surface area contributed by atoms with Gasteiger partial charge in [-0.1, -0.05) is 97.4 Å². The minimum absolute atomic E-state index is 0.0368. The van der Waals surface area contributed by atoms with E-state index >= 15 is 0 Å². The normalized spacial score (nSPS) is 11.9. The third-order valence-electron chi connectivity index (χ3n) is 7.13. The Labute approximate surface area is 259 Å². The summed E-state index contributed by atoms with van der Waals surface area (Å²) in [6.07, 6.45) is 0.990. The Morgan fingerprint density at radius 3 is 2.16 bits per heavy atom. The Bertz CT molecular complexity index is 1630. The molecule has 9 heteroatoms. The van der Waals surface area contributed by atoms with Crippen LogP contribution in [0.1, 0.15) is 30.0 Å². The number of rotatable bonds is 13. The lowest BCUT2D eigenvalue weighted by Crippen LogP contribution is -2.53. The summed E-state index contributed by atoms with van der Waals surface area (Å²) in [6.45, 7) is 3.94. The maximum Gasteiger partial charge on any atom is 0.264 e. The van der Waals surface area contributed by atoms with Crippen molar-refractivity contribution in [1.29, 1.82) is 0 Å². The van der Waals surface area contributed by atoms with Gasteiger partial charge in [0.2, 0.25) is 11.8 Å². The number of carbonyl (C=O) groups is 2. The fourth-order valence-corrected chi connectivity index (χ4v) is 6.38. The van der Waals surface area contributed by atoms with Crippen LogP contribution in [0.15, 0.2) is 114 Å². The summed E-state index contributed by atoms with van der Waals surface area (Å²) in [6, 6.07) is 30.6. The van der Waals surface area contributed by atoms with Crippen LogP contribution in [0.25, 0.3) is 0 Å². The van der Waals surface area contributed by atoms with Crippen molar-refractivity contribution in [2.75, 3.05) is 17.4 Å². The van der Waals surface area contributed by atoms with Crippen LogP contribution >= 0.6 is 11.6 Å². The van der Waals surface area contributed by atoms with E-state index in [4.69, 9.17) is 11.6 Å². The van der Waals surface area contributed by atoms with Crippen LogP contribution in [0.3, 0.4) is 0 Å². The maximum absolute atomic E-state index is 14.4. The van der Waals surface area contributed by atoms with Gasteiger partial charge in [-0.3, -0.25) is 13.9 Å². The van der Waals surface area contributed by atoms with Crippen molar-refractivity contribution < 1.29 is 18.0 Å². The molecule has 7 nitrogen and oxygen atoms in total. The highest BCUT2D eigenvalue weighted by Gasteiger charge is 2.34. The molecule has 0 saturated heterocycles. The molecule has 0 fully saturated rings. The zero-order chi connectivity index (χ0) is 30.8. The molecule has 0 aliphatic heterocycles. The zero-order valence-corrected chi connectivity index (χ0v) is 25.9. The number of hydrogen-bond acceptors (Lipinski definition) is 4. The molecule has 1 N–H and O–H groups in total. The molecular weight excluding hydrogens is 582 g/mol. The molecule has 0 spiro atoms. The molecule has 0 heterocycles. The van der Waals surface area contributed by atoms with Crippen LogP contribution in [0.2, 0.25) is 5.02 Å². The van der Waals surface area contributed by atoms with Gasteiger partial charge in [-0.25, -0.2) is 8.42 Å². The lowest BCUT2D eigenvalue weighted by atomic mass is 10.0. The summed E-state index contributed by atoms with van der Waals surface area (Å²) in [5.74, 6) is -0.817. The number of benzene rings is 4. The number of nitrogens with zero attached hydrogens (tertiary/aromatic N) is 2. The van der Waals surface area contributed by atoms with Crippen LogP contribution in [0, 0.1) is 6.92 Å². The summed E-state index contributed by atoms with van der Waals surface area (Å²) >= 11 is 6.27. The van der Waals surface area contributed by atoms with E-state index in [-0.39, 0.29) is 29.5 Å². The number of nitrogens with one attached hydrogen (secondary N) is 1. The predicted octanol–water partition coefficient (Wildman–Crippen LogP) is 6.01. The molecule has 4 aromatic carbocycles. The fourth-order valence-electron chi connectivity index (χ4n) is 4.77. The lowest BCUT2D eigenvalue weighted by molar-refractivity contribution is -0.140. The molecule has 0 bridgehead atoms. The quantitative estimate of drug-likeness (QED) is 0.199. The Balaban J connectivity index is 1.80. The van der Waals surface area contributed by atoms with Gasteiger partial charge in [0.05, 0.1) is 10.6 Å². The van der Waals surface area contributed by atoms with E-state index < -0.39 is 28.5 Å². The molecule has 4 aromatic rings. The highest BCUT2D eigenvalue weighted by atomic mass is 35.5. The second-order valence-corrected chi connectivity index (χ2v) is 12.5. The van der Waals surface area contributed by atoms with Gasteiger partial charge in [-0.15, -0.1) is 0 Å². The molecule has 224 valence electrons. The van der Waals surface area contributed by atoms with Gasteiger partial charge in [0.1, 0.15) is 12.6 Å². The number of hydrogen-bond donors (Lipinski definition) is 1. The monoisotopic (exact) mass is 617 g/mol. The average molecular weight is 618 g/mol. The Morgan fingerprint density at radius 1 is 0.860 bits per heavy atom. The van der Waals surface area contributed by atoms with Crippen LogP contribution in [0.4, 0.5) is 5.69 Å². The molecule has 1 atom stereocenters. The first-order chi connectivity index (χ1) is 20.7. The molecule has 2 amide bonds. The summed E-state index contributed by atoms with van der Waals surface area (Å²) in [4.78, 5) is 29.6. The number of anilines is 1. The minimum Gasteiger partial charge on any atom is -0.354 e. The van der Waals surface area contributed by atoms with Crippen LogP contribution in [-0.2, 0) is 32.6 Å². The number of amides is 2. The van der Waals surface area contributed by atoms with E-state index in [9.17, 15) is 18.0 Å². The van der Waals surface area contributed by atoms with E-state index in [0.29, 0.717) is 11.6 Å². The average Bonchev–Trinajstić information content (AvgIpc) is 3.02. The molecule has 1 unspecified atom stereocenters. The highest BCUT2D eigenvalue weighted by molar-refractivity contribution is 7.92. The number of sulfonamides is 1. The van der Waals surface area contributed by atoms with Crippen LogP contribution < -0.4 is 9.62 Å². The fraction of sp³-hybridized carbons (Fsp3) is 0.235. The molecular formula is C34H36ClN3O4S. The Hall–Kier alpha value is -4.14. The Kier molecular flexibility index (Phi) is 11.0. The molecule has 0 aliphatic carbocycles. The SMILES string of the molecule is CCCNC(=O)C(Cc1ccccc1)N(Cc1ccccc1C)C(=O)CN(c1cccc(Cl)c1)S(=O)(=O)c1ccccc1. The summed E-state index contributed by atoms with van der Waals surface area (Å²) in [5, 5.41) is 3.28. The first-order valence-electron chi connectivity index (χ1n) is 14.2. The van der Waals surface area contributed by atoms with Gasteiger partial charge in [-0.2, -0.15) is 0 Å². The van der Waals surface area contributed by atoms with Gasteiger partial charge in [-0.05, 0) is 60.4 Å². The second-order valence-electron chi connectivity index (χ2n) is 10.2. The number of halogens is 1. The van der Waals surface area contributed by atoms with Crippen molar-refractivity contribution in [2.24, 2.45) is 0 Å². The van der Waals surface area contributed by atoms with Crippen molar-refractivity contribution in [2.45, 2.75) is 44.2 Å². The van der Waals surface area contributed by atoms with E-state index in [1.165, 1.54) is 23.1 Å². The van der Waals surface area contributed by atoms with Crippen molar-refractivity contribution in [3.8, 4) is 0 Å². The smallest absolute Gasteiger partial charge is 0.264 e. The summed E-state index contributed by atoms with van der Waals surface area (Å²) in [7, 11) is -4.17. The molecule has 0 saturated carbocycles. The topological polar surface area (TPSA) is 86.8 Å². The van der Waals surface area contributed by atoms with Crippen LogP contribution in [0.5, 0.6) is 0 Å². The minimum atomic E-state index is -4.17. The first kappa shape index (κ1) is 31.8. The van der Waals surface area contributed by atoms with Gasteiger partial charge in [0.15, 0.2) is 0 Å². The molecule has 0 aliphatic rings. The van der Waals surface area contributed by atoms with E-state index in [2.05, 4.69) is 5.32 Å². The lowest BCUT2D eigenvalue weighted by Gasteiger charge is -2.34. The van der Waals surface area contributed by atoms with Crippen LogP contribution in [-0.4, -0.2) is 44.3 Å². The largest absolute Gasteiger partial charge is 0.354 e. The third-order valence-corrected chi connectivity index (χ3v) is 9.15. The van der Waals surface area contributed by atoms with Crippen molar-refractivity contribution >= 4 is 39.1 Å². The highest BCUT2D eigenvalue weighted by Crippen LogP contribution is 2.27. The number of carbonyl (C=O) groups excluding carboxylic acids is 2. The van der Waals surface area contributed by atoms with Gasteiger partial charge >= 0.3 is 0 Å². The summed E-state index contributed by atoms with van der Waals surface area (Å²) in [5.41, 5.74) is 2.94. The molecule has 43 heavy (non-hydrogen) atoms. The van der Waals surface area contributed by atoms with Crippen molar-refractivity contribution in [3.63, 3.8) is 0 Å². The van der Waals surface area contributed by atoms with Crippen molar-refractivity contribution in [3.05, 3.63) is 131 Å².